The van der Waals surface area contributed by atoms with Crippen LogP contribution in [-0.4, -0.2) is 30.4 Å². The van der Waals surface area contributed by atoms with E-state index in [4.69, 9.17) is 0 Å². The Hall–Kier alpha value is -2.04. The van der Waals surface area contributed by atoms with Crippen molar-refractivity contribution in [1.29, 1.82) is 0 Å². The first kappa shape index (κ1) is 13.9. The van der Waals surface area contributed by atoms with E-state index in [1.807, 2.05) is 25.1 Å². The minimum Gasteiger partial charge on any atom is -0.382 e. The van der Waals surface area contributed by atoms with E-state index < -0.39 is 0 Å². The van der Waals surface area contributed by atoms with Crippen LogP contribution in [0.1, 0.15) is 25.3 Å². The molecule has 3 atom stereocenters. The predicted molar refractivity (Wildman–Crippen MR) is 80.9 cm³/mol. The Kier molecular flexibility index (Phi) is 3.82. The third-order valence-electron chi connectivity index (χ3n) is 4.39. The van der Waals surface area contributed by atoms with Crippen molar-refractivity contribution in [2.45, 2.75) is 38.3 Å². The van der Waals surface area contributed by atoms with E-state index in [9.17, 15) is 9.59 Å². The number of hydrogen-bond acceptors (Lipinski definition) is 3. The molecule has 1 saturated heterocycles. The summed E-state index contributed by atoms with van der Waals surface area (Å²) in [6.45, 7) is 2.56. The van der Waals surface area contributed by atoms with Gasteiger partial charge in [-0.25, -0.2) is 0 Å². The number of anilines is 1. The molecule has 3 N–H and O–H groups in total. The lowest BCUT2D eigenvalue weighted by molar-refractivity contribution is -0.125. The lowest BCUT2D eigenvalue weighted by atomic mass is 9.87. The van der Waals surface area contributed by atoms with Gasteiger partial charge in [0.1, 0.15) is 0 Å². The fourth-order valence-corrected chi connectivity index (χ4v) is 3.10. The van der Waals surface area contributed by atoms with Gasteiger partial charge in [-0.15, -0.1) is 0 Å². The Morgan fingerprint density at radius 1 is 1.33 bits per heavy atom. The average molecular weight is 287 g/mol. The average Bonchev–Trinajstić information content (AvgIpc) is 2.89. The van der Waals surface area contributed by atoms with Crippen LogP contribution in [0.5, 0.6) is 0 Å². The zero-order chi connectivity index (χ0) is 14.8. The molecule has 3 unspecified atom stereocenters. The largest absolute Gasteiger partial charge is 0.382 e. The molecule has 0 aromatic heterocycles. The van der Waals surface area contributed by atoms with Crippen LogP contribution in [0, 0.1) is 5.92 Å². The minimum absolute atomic E-state index is 0.0608. The quantitative estimate of drug-likeness (QED) is 0.778. The van der Waals surface area contributed by atoms with E-state index in [0.29, 0.717) is 13.0 Å². The van der Waals surface area contributed by atoms with Crippen LogP contribution < -0.4 is 16.0 Å². The highest BCUT2D eigenvalue weighted by atomic mass is 16.2. The number of nitrogens with one attached hydrogen (secondary N) is 3. The summed E-state index contributed by atoms with van der Waals surface area (Å²) < 4.78 is 0. The van der Waals surface area contributed by atoms with E-state index in [2.05, 4.69) is 22.0 Å². The highest BCUT2D eigenvalue weighted by Gasteiger charge is 2.31. The molecule has 0 bridgehead atoms. The SMILES string of the molecule is CC1Nc2ccccc2CC1C(=O)NCC1CCC(=O)N1. The second kappa shape index (κ2) is 5.76. The Labute approximate surface area is 124 Å². The highest BCUT2D eigenvalue weighted by molar-refractivity contribution is 5.82. The van der Waals surface area contributed by atoms with Crippen LogP contribution >= 0.6 is 0 Å². The van der Waals surface area contributed by atoms with Crippen molar-refractivity contribution >= 4 is 17.5 Å². The molecule has 2 amide bonds. The molecule has 1 fully saturated rings. The highest BCUT2D eigenvalue weighted by Crippen LogP contribution is 2.28. The van der Waals surface area contributed by atoms with E-state index in [0.717, 1.165) is 18.5 Å². The second-order valence-electron chi connectivity index (χ2n) is 5.95. The Morgan fingerprint density at radius 2 is 2.14 bits per heavy atom. The minimum atomic E-state index is -0.0722. The van der Waals surface area contributed by atoms with E-state index >= 15 is 0 Å². The molecule has 21 heavy (non-hydrogen) atoms. The molecule has 2 aliphatic heterocycles. The first-order chi connectivity index (χ1) is 10.1. The fraction of sp³-hybridized carbons (Fsp3) is 0.500. The lowest BCUT2D eigenvalue weighted by Crippen LogP contribution is -2.46. The van der Waals surface area contributed by atoms with Crippen molar-refractivity contribution in [3.05, 3.63) is 29.8 Å². The molecule has 2 aliphatic rings. The standard InChI is InChI=1S/C16H21N3O2/c1-10-13(8-11-4-2-3-5-14(11)18-10)16(21)17-9-12-6-7-15(20)19-12/h2-5,10,12-13,18H,6-9H2,1H3,(H,17,21)(H,19,20). The summed E-state index contributed by atoms with van der Waals surface area (Å²) in [5.74, 6) is 0.0681. The molecule has 0 saturated carbocycles. The molecule has 3 rings (SSSR count). The fourth-order valence-electron chi connectivity index (χ4n) is 3.10. The van der Waals surface area contributed by atoms with Crippen LogP contribution in [0.4, 0.5) is 5.69 Å². The predicted octanol–water partition coefficient (Wildman–Crippen LogP) is 1.05. The molecule has 1 aromatic rings. The molecule has 0 aliphatic carbocycles. The van der Waals surface area contributed by atoms with Gasteiger partial charge in [0.25, 0.3) is 0 Å². The van der Waals surface area contributed by atoms with Crippen LogP contribution in [0.3, 0.4) is 0 Å². The van der Waals surface area contributed by atoms with Gasteiger partial charge in [-0.05, 0) is 31.4 Å². The number of hydrogen-bond donors (Lipinski definition) is 3. The lowest BCUT2D eigenvalue weighted by Gasteiger charge is -2.31. The van der Waals surface area contributed by atoms with Gasteiger partial charge in [-0.1, -0.05) is 18.2 Å². The molecule has 0 radical (unpaired) electrons. The van der Waals surface area contributed by atoms with Gasteiger partial charge in [0.2, 0.25) is 11.8 Å². The summed E-state index contributed by atoms with van der Waals surface area (Å²) in [6.07, 6.45) is 2.13. The number of para-hydroxylation sites is 1. The molecule has 5 nitrogen and oxygen atoms in total. The van der Waals surface area contributed by atoms with Gasteiger partial charge >= 0.3 is 0 Å². The van der Waals surface area contributed by atoms with Crippen LogP contribution in [-0.2, 0) is 16.0 Å². The molecule has 5 heteroatoms. The van der Waals surface area contributed by atoms with Gasteiger partial charge in [-0.2, -0.15) is 0 Å². The Morgan fingerprint density at radius 3 is 2.90 bits per heavy atom. The zero-order valence-corrected chi connectivity index (χ0v) is 12.2. The number of carbonyl (C=O) groups is 2. The van der Waals surface area contributed by atoms with E-state index in [-0.39, 0.29) is 29.8 Å². The van der Waals surface area contributed by atoms with Gasteiger partial charge < -0.3 is 16.0 Å². The maximum atomic E-state index is 12.4. The van der Waals surface area contributed by atoms with Gasteiger partial charge in [-0.3, -0.25) is 9.59 Å². The smallest absolute Gasteiger partial charge is 0.225 e. The van der Waals surface area contributed by atoms with Crippen molar-refractivity contribution in [2.75, 3.05) is 11.9 Å². The number of carbonyl (C=O) groups excluding carboxylic acids is 2. The molecule has 1 aromatic carbocycles. The summed E-state index contributed by atoms with van der Waals surface area (Å²) in [7, 11) is 0. The van der Waals surface area contributed by atoms with E-state index in [1.54, 1.807) is 0 Å². The molecule has 0 spiro atoms. The summed E-state index contributed by atoms with van der Waals surface area (Å²) in [5, 5.41) is 9.25. The zero-order valence-electron chi connectivity index (χ0n) is 12.2. The third-order valence-corrected chi connectivity index (χ3v) is 4.39. The van der Waals surface area contributed by atoms with Gasteiger partial charge in [0.05, 0.1) is 5.92 Å². The van der Waals surface area contributed by atoms with Crippen LogP contribution in [0.25, 0.3) is 0 Å². The van der Waals surface area contributed by atoms with Crippen molar-refractivity contribution in [3.8, 4) is 0 Å². The van der Waals surface area contributed by atoms with Crippen molar-refractivity contribution in [1.82, 2.24) is 10.6 Å². The normalized spacial score (nSPS) is 27.5. The summed E-state index contributed by atoms with van der Waals surface area (Å²) in [5.41, 5.74) is 2.31. The van der Waals surface area contributed by atoms with Gasteiger partial charge in [0.15, 0.2) is 0 Å². The second-order valence-corrected chi connectivity index (χ2v) is 5.95. The molecule has 112 valence electrons. The van der Waals surface area contributed by atoms with E-state index in [1.165, 1.54) is 5.56 Å². The first-order valence-electron chi connectivity index (χ1n) is 7.55. The summed E-state index contributed by atoms with van der Waals surface area (Å²) in [6, 6.07) is 8.31. The van der Waals surface area contributed by atoms with Crippen molar-refractivity contribution in [2.24, 2.45) is 5.92 Å². The summed E-state index contributed by atoms with van der Waals surface area (Å²) >= 11 is 0. The maximum absolute atomic E-state index is 12.4. The topological polar surface area (TPSA) is 70.2 Å². The first-order valence-corrected chi connectivity index (χ1v) is 7.55. The van der Waals surface area contributed by atoms with Crippen LogP contribution in [0.15, 0.2) is 24.3 Å². The Balaban J connectivity index is 1.59. The summed E-state index contributed by atoms with van der Waals surface area (Å²) in [4.78, 5) is 23.5. The Bertz CT molecular complexity index is 558. The number of amides is 2. The molecular weight excluding hydrogens is 266 g/mol. The molecule has 2 heterocycles. The van der Waals surface area contributed by atoms with Crippen molar-refractivity contribution in [3.63, 3.8) is 0 Å². The monoisotopic (exact) mass is 287 g/mol. The third kappa shape index (κ3) is 3.01. The number of rotatable bonds is 3. The molecular formula is C16H21N3O2. The number of benzene rings is 1. The van der Waals surface area contributed by atoms with Crippen molar-refractivity contribution < 1.29 is 9.59 Å². The van der Waals surface area contributed by atoms with Crippen LogP contribution in [0.2, 0.25) is 0 Å². The maximum Gasteiger partial charge on any atom is 0.225 e. The number of fused-ring (bicyclic) bond motifs is 1. The van der Waals surface area contributed by atoms with Gasteiger partial charge in [0, 0.05) is 30.7 Å².